The number of hydrogen-bond acceptors (Lipinski definition) is 6. The van der Waals surface area contributed by atoms with Crippen LogP contribution >= 0.6 is 24.4 Å². The molecule has 4 aromatic rings. The quantitative estimate of drug-likeness (QED) is 0.113. The molecule has 4 aromatic carbocycles. The van der Waals surface area contributed by atoms with E-state index in [9.17, 15) is 0 Å². The number of rotatable bonds is 12. The zero-order valence-corrected chi connectivity index (χ0v) is 30.1. The molecule has 0 aliphatic carbocycles. The van der Waals surface area contributed by atoms with Crippen molar-refractivity contribution in [2.75, 3.05) is 47.7 Å². The van der Waals surface area contributed by atoms with Crippen LogP contribution in [0.3, 0.4) is 0 Å². The summed E-state index contributed by atoms with van der Waals surface area (Å²) in [6.45, 7) is 10.5. The van der Waals surface area contributed by atoms with Gasteiger partial charge < -0.3 is 41.6 Å². The van der Waals surface area contributed by atoms with Gasteiger partial charge in [0.25, 0.3) is 0 Å². The first-order valence-corrected chi connectivity index (χ1v) is 15.3. The van der Waals surface area contributed by atoms with Crippen molar-refractivity contribution in [3.8, 4) is 23.0 Å². The Balaban J connectivity index is 0.000000441. The van der Waals surface area contributed by atoms with Crippen LogP contribution in [0.15, 0.2) is 97.1 Å². The van der Waals surface area contributed by atoms with Gasteiger partial charge in [-0.05, 0) is 149 Å². The van der Waals surface area contributed by atoms with Crippen molar-refractivity contribution < 1.29 is 49.9 Å². The maximum absolute atomic E-state index is 5.40. The van der Waals surface area contributed by atoms with Crippen LogP contribution in [0.1, 0.15) is 29.1 Å². The summed E-state index contributed by atoms with van der Waals surface area (Å²) in [5, 5.41) is 13.6. The summed E-state index contributed by atoms with van der Waals surface area (Å²) in [5.41, 5.74) is 3.64. The molecule has 0 radical (unpaired) electrons. The van der Waals surface area contributed by atoms with Crippen molar-refractivity contribution in [3.63, 3.8) is 0 Å². The molecule has 0 aromatic heterocycles. The van der Waals surface area contributed by atoms with E-state index in [0.29, 0.717) is 36.7 Å². The van der Waals surface area contributed by atoms with Gasteiger partial charge in [-0.2, -0.15) is 0 Å². The number of thiocarbonyl (C=S) groups is 2. The molecule has 0 saturated heterocycles. The van der Waals surface area contributed by atoms with Gasteiger partial charge in [0.15, 0.2) is 10.2 Å². The molecule has 0 spiro atoms. The van der Waals surface area contributed by atoms with E-state index in [-0.39, 0.29) is 31.0 Å². The average Bonchev–Trinajstić information content (AvgIpc) is 3.02. The van der Waals surface area contributed by atoms with Gasteiger partial charge in [-0.15, -0.1) is 0 Å². The van der Waals surface area contributed by atoms with Gasteiger partial charge in [0.2, 0.25) is 0 Å². The summed E-state index contributed by atoms with van der Waals surface area (Å²) >= 11 is 10.6. The Kier molecular flexibility index (Phi) is 17.8. The standard InChI is InChI=1S/2C17H20N2O2S.Na.H/c2*1-3-20-15-9-5-13(6-10-15)18-17(22)19-14-7-11-16(12-8-14)21-4-2;;/h2*5-12H,3-4H2,1-2H3,(H2,18,19,22);;/q;;+1;-1. The minimum atomic E-state index is 0. The Morgan fingerprint density at radius 3 is 0.756 bits per heavy atom. The first-order chi connectivity index (χ1) is 21.4. The third-order valence-corrected chi connectivity index (χ3v) is 6.10. The molecule has 0 atom stereocenters. The second-order valence-electron chi connectivity index (χ2n) is 8.99. The van der Waals surface area contributed by atoms with Gasteiger partial charge in [0.05, 0.1) is 26.4 Å². The Bertz CT molecular complexity index is 1210. The van der Waals surface area contributed by atoms with E-state index in [4.69, 9.17) is 43.4 Å². The summed E-state index contributed by atoms with van der Waals surface area (Å²) in [6, 6.07) is 30.7. The van der Waals surface area contributed by atoms with Crippen LogP contribution in [-0.2, 0) is 0 Å². The van der Waals surface area contributed by atoms with E-state index < -0.39 is 0 Å². The molecular formula is C34H41N4NaO4S2. The van der Waals surface area contributed by atoms with E-state index in [1.807, 2.05) is 125 Å². The summed E-state index contributed by atoms with van der Waals surface area (Å²) < 4.78 is 21.6. The number of anilines is 4. The zero-order valence-electron chi connectivity index (χ0n) is 27.5. The summed E-state index contributed by atoms with van der Waals surface area (Å²) in [7, 11) is 0. The summed E-state index contributed by atoms with van der Waals surface area (Å²) in [5.74, 6) is 3.38. The minimum Gasteiger partial charge on any atom is -1.00 e. The third-order valence-electron chi connectivity index (χ3n) is 5.69. The van der Waals surface area contributed by atoms with Gasteiger partial charge in [0.1, 0.15) is 23.0 Å². The molecule has 0 fully saturated rings. The van der Waals surface area contributed by atoms with Gasteiger partial charge in [0, 0.05) is 22.7 Å². The Hall–Kier alpha value is -3.54. The van der Waals surface area contributed by atoms with E-state index in [2.05, 4.69) is 21.3 Å². The van der Waals surface area contributed by atoms with Crippen LogP contribution < -0.4 is 69.8 Å². The predicted molar refractivity (Wildman–Crippen MR) is 191 cm³/mol. The van der Waals surface area contributed by atoms with Gasteiger partial charge in [-0.3, -0.25) is 0 Å². The average molecular weight is 657 g/mol. The fourth-order valence-electron chi connectivity index (χ4n) is 3.79. The zero-order chi connectivity index (χ0) is 31.6. The number of nitrogens with one attached hydrogen (secondary N) is 4. The van der Waals surface area contributed by atoms with Gasteiger partial charge >= 0.3 is 29.6 Å². The first kappa shape index (κ1) is 37.6. The largest absolute Gasteiger partial charge is 1.00 e. The molecule has 0 saturated carbocycles. The monoisotopic (exact) mass is 656 g/mol. The summed E-state index contributed by atoms with van der Waals surface area (Å²) in [4.78, 5) is 0. The van der Waals surface area contributed by atoms with Crippen molar-refractivity contribution >= 4 is 57.4 Å². The molecular weight excluding hydrogens is 616 g/mol. The molecule has 4 N–H and O–H groups in total. The molecule has 4 rings (SSSR count). The molecule has 0 unspecified atom stereocenters. The summed E-state index contributed by atoms with van der Waals surface area (Å²) in [6.07, 6.45) is 0. The van der Waals surface area contributed by atoms with Crippen LogP contribution in [0.25, 0.3) is 0 Å². The van der Waals surface area contributed by atoms with E-state index in [0.717, 1.165) is 45.7 Å². The Labute approximate surface area is 301 Å². The fraction of sp³-hybridized carbons (Fsp3) is 0.235. The fourth-order valence-corrected chi connectivity index (χ4v) is 4.26. The molecule has 0 aliphatic heterocycles. The maximum Gasteiger partial charge on any atom is 1.00 e. The topological polar surface area (TPSA) is 85.0 Å². The van der Waals surface area contributed by atoms with E-state index in [1.54, 1.807) is 0 Å². The number of hydrogen-bond donors (Lipinski definition) is 4. The van der Waals surface area contributed by atoms with Crippen LogP contribution in [0.2, 0.25) is 0 Å². The molecule has 0 bridgehead atoms. The minimum absolute atomic E-state index is 0. The molecule has 0 aliphatic rings. The van der Waals surface area contributed by atoms with Crippen LogP contribution in [-0.4, -0.2) is 36.7 Å². The first-order valence-electron chi connectivity index (χ1n) is 14.5. The van der Waals surface area contributed by atoms with Crippen molar-refractivity contribution in [1.82, 2.24) is 0 Å². The second kappa shape index (κ2) is 21.2. The maximum atomic E-state index is 5.40. The molecule has 45 heavy (non-hydrogen) atoms. The van der Waals surface area contributed by atoms with Gasteiger partial charge in [-0.25, -0.2) is 0 Å². The molecule has 234 valence electrons. The normalized spacial score (nSPS) is 9.69. The molecule has 0 heterocycles. The second-order valence-corrected chi connectivity index (χ2v) is 9.80. The predicted octanol–water partition coefficient (Wildman–Crippen LogP) is 5.70. The van der Waals surface area contributed by atoms with Crippen LogP contribution in [0.4, 0.5) is 22.7 Å². The molecule has 0 amide bonds. The Morgan fingerprint density at radius 2 is 0.600 bits per heavy atom. The third kappa shape index (κ3) is 14.4. The van der Waals surface area contributed by atoms with Crippen molar-refractivity contribution in [1.29, 1.82) is 0 Å². The van der Waals surface area contributed by atoms with Crippen molar-refractivity contribution in [2.45, 2.75) is 27.7 Å². The van der Waals surface area contributed by atoms with E-state index in [1.165, 1.54) is 0 Å². The molecule has 8 nitrogen and oxygen atoms in total. The van der Waals surface area contributed by atoms with Crippen LogP contribution in [0, 0.1) is 0 Å². The SMILES string of the molecule is CCOc1ccc(NC(=S)Nc2ccc(OCC)cc2)cc1.CCOc1ccc(NC(=S)Nc2ccc(OCC)cc2)cc1.[H-].[Na+]. The van der Waals surface area contributed by atoms with E-state index >= 15 is 0 Å². The number of ether oxygens (including phenoxy) is 4. The van der Waals surface area contributed by atoms with Crippen molar-refractivity contribution in [3.05, 3.63) is 97.1 Å². The Morgan fingerprint density at radius 1 is 0.422 bits per heavy atom. The smallest absolute Gasteiger partial charge is 1.00 e. The van der Waals surface area contributed by atoms with Crippen molar-refractivity contribution in [2.24, 2.45) is 0 Å². The number of benzene rings is 4. The van der Waals surface area contributed by atoms with Gasteiger partial charge in [-0.1, -0.05) is 0 Å². The molecule has 11 heteroatoms. The van der Waals surface area contributed by atoms with Crippen LogP contribution in [0.5, 0.6) is 23.0 Å².